The first-order valence-corrected chi connectivity index (χ1v) is 18.3. The minimum Gasteiger partial charge on any atom is -0.497 e. The average molecular weight is 592 g/mol. The quantitative estimate of drug-likeness (QED) is 0.312. The molecule has 5 rings (SSSR count). The lowest BCUT2D eigenvalue weighted by Crippen LogP contribution is -2.50. The largest absolute Gasteiger partial charge is 0.497 e. The van der Waals surface area contributed by atoms with E-state index in [2.05, 4.69) is 78.1 Å². The molecule has 9 nitrogen and oxygen atoms in total. The first-order valence-electron chi connectivity index (χ1n) is 15.2. The third-order valence-electron chi connectivity index (χ3n) is 9.20. The Balaban J connectivity index is 1.32. The van der Waals surface area contributed by atoms with Crippen molar-refractivity contribution >= 4 is 24.9 Å². The SMILES string of the molecule is COc1ccc([Si](C)(C)[C@@H]2[C@@H](C)[C@@H](CCc3cccc(N4CCNCC4=O)c3)O[C@H]2CCn2cc(CCO)nn2)cc1. The van der Waals surface area contributed by atoms with Crippen LogP contribution < -0.4 is 20.1 Å². The van der Waals surface area contributed by atoms with E-state index in [1.165, 1.54) is 10.8 Å². The molecule has 10 heteroatoms. The Morgan fingerprint density at radius 1 is 1.12 bits per heavy atom. The van der Waals surface area contributed by atoms with Crippen LogP contribution in [0.5, 0.6) is 5.75 Å². The van der Waals surface area contributed by atoms with Gasteiger partial charge in [0.05, 0.1) is 39.6 Å². The van der Waals surface area contributed by atoms with E-state index in [9.17, 15) is 9.90 Å². The molecule has 3 heterocycles. The molecule has 2 aliphatic rings. The number of nitrogens with zero attached hydrogens (tertiary/aromatic N) is 4. The number of aryl methyl sites for hydroxylation is 2. The van der Waals surface area contributed by atoms with Crippen molar-refractivity contribution in [3.8, 4) is 5.75 Å². The minimum atomic E-state index is -1.95. The predicted molar refractivity (Wildman–Crippen MR) is 167 cm³/mol. The number of piperazine rings is 1. The van der Waals surface area contributed by atoms with Crippen LogP contribution in [0.3, 0.4) is 0 Å². The number of nitrogens with one attached hydrogen (secondary N) is 1. The van der Waals surface area contributed by atoms with Crippen molar-refractivity contribution in [3.63, 3.8) is 0 Å². The summed E-state index contributed by atoms with van der Waals surface area (Å²) in [5.41, 5.74) is 3.46. The van der Waals surface area contributed by atoms with E-state index in [1.54, 1.807) is 7.11 Å². The van der Waals surface area contributed by atoms with Crippen LogP contribution in [0, 0.1) is 5.92 Å². The second-order valence-corrected chi connectivity index (χ2v) is 16.9. The number of carbonyl (C=O) groups excluding carboxylic acids is 1. The predicted octanol–water partition coefficient (Wildman–Crippen LogP) is 3.17. The zero-order valence-corrected chi connectivity index (χ0v) is 26.3. The number of aromatic nitrogens is 3. The summed E-state index contributed by atoms with van der Waals surface area (Å²) >= 11 is 0. The summed E-state index contributed by atoms with van der Waals surface area (Å²) in [7, 11) is -0.245. The van der Waals surface area contributed by atoms with Crippen molar-refractivity contribution in [2.45, 2.75) is 70.0 Å². The highest BCUT2D eigenvalue weighted by Gasteiger charge is 2.50. The topological polar surface area (TPSA) is 102 Å². The Morgan fingerprint density at radius 3 is 2.67 bits per heavy atom. The molecule has 2 saturated heterocycles. The van der Waals surface area contributed by atoms with Gasteiger partial charge in [-0.1, -0.05) is 54.7 Å². The molecule has 4 atom stereocenters. The number of hydrogen-bond acceptors (Lipinski definition) is 7. The molecule has 2 N–H and O–H groups in total. The summed E-state index contributed by atoms with van der Waals surface area (Å²) in [6.45, 7) is 10.0. The highest BCUT2D eigenvalue weighted by molar-refractivity contribution is 6.91. The molecule has 2 fully saturated rings. The molecule has 226 valence electrons. The molecule has 3 aromatic rings. The maximum atomic E-state index is 12.5. The number of ether oxygens (including phenoxy) is 2. The number of aliphatic hydroxyl groups is 1. The van der Waals surface area contributed by atoms with Crippen LogP contribution in [-0.2, 0) is 28.9 Å². The molecular formula is C32H45N5O4Si. The number of rotatable bonds is 12. The molecule has 0 radical (unpaired) electrons. The number of hydrogen-bond donors (Lipinski definition) is 2. The fraction of sp³-hybridized carbons (Fsp3) is 0.531. The summed E-state index contributed by atoms with van der Waals surface area (Å²) in [4.78, 5) is 14.3. The van der Waals surface area contributed by atoms with Crippen LogP contribution >= 0.6 is 0 Å². The summed E-state index contributed by atoms with van der Waals surface area (Å²) in [6, 6.07) is 17.1. The lowest BCUT2D eigenvalue weighted by Gasteiger charge is -2.36. The van der Waals surface area contributed by atoms with E-state index >= 15 is 0 Å². The van der Waals surface area contributed by atoms with E-state index in [0.717, 1.165) is 49.5 Å². The van der Waals surface area contributed by atoms with Gasteiger partial charge in [-0.15, -0.1) is 5.10 Å². The molecule has 2 aromatic carbocycles. The molecular weight excluding hydrogens is 546 g/mol. The van der Waals surface area contributed by atoms with Crippen molar-refractivity contribution < 1.29 is 19.4 Å². The smallest absolute Gasteiger partial charge is 0.240 e. The molecule has 0 spiro atoms. The van der Waals surface area contributed by atoms with Crippen molar-refractivity contribution in [2.75, 3.05) is 38.3 Å². The van der Waals surface area contributed by atoms with Gasteiger partial charge in [-0.25, -0.2) is 0 Å². The van der Waals surface area contributed by atoms with E-state index in [-0.39, 0.29) is 24.7 Å². The van der Waals surface area contributed by atoms with Gasteiger partial charge in [0.25, 0.3) is 0 Å². The van der Waals surface area contributed by atoms with E-state index < -0.39 is 8.07 Å². The second kappa shape index (κ2) is 13.5. The number of benzene rings is 2. The zero-order chi connectivity index (χ0) is 29.7. The fourth-order valence-corrected chi connectivity index (χ4v) is 11.0. The molecule has 2 aliphatic heterocycles. The van der Waals surface area contributed by atoms with Gasteiger partial charge in [0.15, 0.2) is 0 Å². The number of carbonyl (C=O) groups is 1. The number of methoxy groups -OCH3 is 1. The molecule has 1 aromatic heterocycles. The highest BCUT2D eigenvalue weighted by Crippen LogP contribution is 2.46. The molecule has 0 unspecified atom stereocenters. The van der Waals surface area contributed by atoms with Crippen LogP contribution in [0.4, 0.5) is 5.69 Å². The van der Waals surface area contributed by atoms with Crippen molar-refractivity contribution in [3.05, 3.63) is 66.0 Å². The van der Waals surface area contributed by atoms with Crippen molar-refractivity contribution in [1.82, 2.24) is 20.3 Å². The van der Waals surface area contributed by atoms with Gasteiger partial charge < -0.3 is 24.8 Å². The minimum absolute atomic E-state index is 0.0712. The Morgan fingerprint density at radius 2 is 1.93 bits per heavy atom. The monoisotopic (exact) mass is 591 g/mol. The van der Waals surface area contributed by atoms with E-state index in [0.29, 0.717) is 31.0 Å². The Hall–Kier alpha value is -3.05. The average Bonchev–Trinajstić information content (AvgIpc) is 3.59. The molecule has 42 heavy (non-hydrogen) atoms. The van der Waals surface area contributed by atoms with Crippen LogP contribution in [0.2, 0.25) is 18.6 Å². The van der Waals surface area contributed by atoms with Gasteiger partial charge in [-0.3, -0.25) is 9.48 Å². The molecule has 0 aliphatic carbocycles. The Kier molecular flexibility index (Phi) is 9.77. The van der Waals surface area contributed by atoms with Gasteiger partial charge in [0.2, 0.25) is 5.91 Å². The second-order valence-electron chi connectivity index (χ2n) is 12.2. The van der Waals surface area contributed by atoms with Crippen molar-refractivity contribution in [1.29, 1.82) is 0 Å². The zero-order valence-electron chi connectivity index (χ0n) is 25.3. The first-order chi connectivity index (χ1) is 20.3. The van der Waals surface area contributed by atoms with Gasteiger partial charge in [0, 0.05) is 44.5 Å². The van der Waals surface area contributed by atoms with E-state index in [1.807, 2.05) is 21.8 Å². The van der Waals surface area contributed by atoms with Gasteiger partial charge in [0.1, 0.15) is 5.75 Å². The normalized spacial score (nSPS) is 23.0. The fourth-order valence-electron chi connectivity index (χ4n) is 6.92. The molecule has 1 amide bonds. The maximum Gasteiger partial charge on any atom is 0.240 e. The summed E-state index contributed by atoms with van der Waals surface area (Å²) in [6.07, 6.45) is 5.41. The molecule has 0 saturated carbocycles. The van der Waals surface area contributed by atoms with Gasteiger partial charge in [-0.2, -0.15) is 0 Å². The molecule has 0 bridgehead atoms. The number of amides is 1. The lowest BCUT2D eigenvalue weighted by molar-refractivity contribution is -0.118. The van der Waals surface area contributed by atoms with Crippen LogP contribution in [0.1, 0.15) is 31.0 Å². The first kappa shape index (κ1) is 30.4. The van der Waals surface area contributed by atoms with Crippen LogP contribution in [0.15, 0.2) is 54.7 Å². The number of anilines is 1. The maximum absolute atomic E-state index is 12.5. The van der Waals surface area contributed by atoms with Crippen LogP contribution in [0.25, 0.3) is 0 Å². The highest BCUT2D eigenvalue weighted by atomic mass is 28.3. The summed E-state index contributed by atoms with van der Waals surface area (Å²) < 4.78 is 14.3. The lowest BCUT2D eigenvalue weighted by atomic mass is 9.95. The van der Waals surface area contributed by atoms with Gasteiger partial charge in [-0.05, 0) is 60.6 Å². The summed E-state index contributed by atoms with van der Waals surface area (Å²) in [5, 5.41) is 22.3. The third-order valence-corrected chi connectivity index (χ3v) is 13.6. The Bertz CT molecular complexity index is 1330. The standard InChI is InChI=1S/C32H45N5O4Si/c1-23-29(13-8-24-6-5-7-26(20-24)37-18-16-33-21-31(37)39)41-30(14-17-36-22-25(15-19-38)34-35-36)32(23)42(3,4)28-11-9-27(40-2)10-12-28/h5-7,9-12,20,22-23,29-30,32-33,38H,8,13-19,21H2,1-4H3/t23-,29+,30-,32+/m0/s1. The summed E-state index contributed by atoms with van der Waals surface area (Å²) in [5.74, 6) is 1.40. The Labute approximate surface area is 250 Å². The van der Waals surface area contributed by atoms with Gasteiger partial charge >= 0.3 is 0 Å². The van der Waals surface area contributed by atoms with Crippen LogP contribution in [-0.4, -0.2) is 79.6 Å². The third kappa shape index (κ3) is 6.77. The number of aliphatic hydroxyl groups excluding tert-OH is 1. The van der Waals surface area contributed by atoms with E-state index in [4.69, 9.17) is 9.47 Å². The van der Waals surface area contributed by atoms with Crippen molar-refractivity contribution in [2.24, 2.45) is 5.92 Å².